The number of carbonyl (C=O) groups is 4. The molecule has 0 radical (unpaired) electrons. The smallest absolute Gasteiger partial charge is 0.331 e. The zero-order valence-electron chi connectivity index (χ0n) is 42.7. The van der Waals surface area contributed by atoms with Gasteiger partial charge in [0.05, 0.1) is 114 Å². The van der Waals surface area contributed by atoms with Crippen LogP contribution >= 0.6 is 0 Å². The molecule has 2 heterocycles. The number of likely N-dealkylation sites (N-methyl/N-ethyl adjacent to an activating group) is 2. The second-order valence-corrected chi connectivity index (χ2v) is 18.0. The van der Waals surface area contributed by atoms with Crippen LogP contribution in [0.1, 0.15) is 67.4 Å². The van der Waals surface area contributed by atoms with E-state index in [2.05, 4.69) is 27.1 Å². The molecule has 3 atom stereocenters. The van der Waals surface area contributed by atoms with Crippen LogP contribution < -0.4 is 33.2 Å². The molecule has 2 aliphatic rings. The van der Waals surface area contributed by atoms with E-state index in [-0.39, 0.29) is 30.1 Å². The number of quaternary nitrogens is 2. The lowest BCUT2D eigenvalue weighted by Gasteiger charge is -2.46. The summed E-state index contributed by atoms with van der Waals surface area (Å²) in [4.78, 5) is 57.3. The Morgan fingerprint density at radius 3 is 1.82 bits per heavy atom. The first-order chi connectivity index (χ1) is 35.1. The Hall–Kier alpha value is -7.96. The van der Waals surface area contributed by atoms with Crippen LogP contribution in [0.4, 0.5) is 0 Å². The van der Waals surface area contributed by atoms with E-state index in [4.69, 9.17) is 48.2 Å². The van der Waals surface area contributed by atoms with Gasteiger partial charge in [0, 0.05) is 70.8 Å². The summed E-state index contributed by atoms with van der Waals surface area (Å²) in [5.74, 6) is 0.0131. The minimum Gasteiger partial charge on any atom is -0.495 e. The number of benzene rings is 4. The van der Waals surface area contributed by atoms with Crippen molar-refractivity contribution >= 4 is 23.8 Å². The molecule has 73 heavy (non-hydrogen) atoms. The van der Waals surface area contributed by atoms with E-state index >= 15 is 0 Å². The molecule has 0 fully saturated rings. The number of hydrogen-bond acceptors (Lipinski definition) is 13. The van der Waals surface area contributed by atoms with Gasteiger partial charge < -0.3 is 51.6 Å². The van der Waals surface area contributed by atoms with Crippen LogP contribution in [0.15, 0.2) is 70.9 Å². The minimum atomic E-state index is -1.09. The van der Waals surface area contributed by atoms with E-state index in [1.54, 1.807) is 34.5 Å². The molecule has 3 unspecified atom stereocenters. The van der Waals surface area contributed by atoms with E-state index in [0.717, 1.165) is 53.9 Å². The Kier molecular flexibility index (Phi) is 18.2. The second kappa shape index (κ2) is 24.4. The van der Waals surface area contributed by atoms with Crippen molar-refractivity contribution in [3.8, 4) is 51.4 Å². The molecular formula is C52H62N8O13+2. The van der Waals surface area contributed by atoms with E-state index in [9.17, 15) is 24.7 Å². The predicted octanol–water partition coefficient (Wildman–Crippen LogP) is 8.23. The maximum absolute atomic E-state index is 13.4. The maximum Gasteiger partial charge on any atom is 0.331 e. The van der Waals surface area contributed by atoms with Gasteiger partial charge in [-0.2, -0.15) is 0 Å². The predicted molar refractivity (Wildman–Crippen MR) is 267 cm³/mol. The van der Waals surface area contributed by atoms with E-state index < -0.39 is 29.8 Å². The van der Waals surface area contributed by atoms with Crippen LogP contribution in [0.2, 0.25) is 0 Å². The van der Waals surface area contributed by atoms with Crippen molar-refractivity contribution in [2.24, 2.45) is 10.2 Å². The van der Waals surface area contributed by atoms with Crippen LogP contribution in [-0.2, 0) is 44.9 Å². The number of rotatable bonds is 22. The van der Waals surface area contributed by atoms with Gasteiger partial charge in [-0.1, -0.05) is 12.1 Å². The molecule has 0 spiro atoms. The highest BCUT2D eigenvalue weighted by Gasteiger charge is 2.43. The van der Waals surface area contributed by atoms with Gasteiger partial charge >= 0.3 is 11.9 Å². The molecule has 0 aliphatic carbocycles. The van der Waals surface area contributed by atoms with Gasteiger partial charge in [-0.25, -0.2) is 9.59 Å². The highest BCUT2D eigenvalue weighted by molar-refractivity contribution is 6.10. The van der Waals surface area contributed by atoms with Crippen molar-refractivity contribution < 1.29 is 70.8 Å². The quantitative estimate of drug-likeness (QED) is 0.0137. The topological polar surface area (TPSA) is 249 Å². The molecule has 4 aromatic carbocycles. The molecule has 0 bridgehead atoms. The molecule has 2 aliphatic heterocycles. The van der Waals surface area contributed by atoms with Gasteiger partial charge in [-0.15, -0.1) is 0 Å². The summed E-state index contributed by atoms with van der Waals surface area (Å²) in [6.45, 7) is 3.45. The molecule has 0 saturated heterocycles. The summed E-state index contributed by atoms with van der Waals surface area (Å²) in [7, 11) is 15.1. The Bertz CT molecular complexity index is 2880. The molecule has 21 heteroatoms. The van der Waals surface area contributed by atoms with Crippen molar-refractivity contribution in [1.82, 2.24) is 0 Å². The molecule has 386 valence electrons. The van der Waals surface area contributed by atoms with Gasteiger partial charge in [-0.05, 0) is 79.9 Å². The average Bonchev–Trinajstić information content (AvgIpc) is 3.39. The summed E-state index contributed by atoms with van der Waals surface area (Å²) >= 11 is 0. The van der Waals surface area contributed by atoms with Crippen LogP contribution in [-0.4, -0.2) is 136 Å². The third-order valence-electron chi connectivity index (χ3n) is 13.7. The summed E-state index contributed by atoms with van der Waals surface area (Å²) in [6.07, 6.45) is 4.67. The fourth-order valence-corrected chi connectivity index (χ4v) is 10.0. The Labute approximate surface area is 423 Å². The van der Waals surface area contributed by atoms with Gasteiger partial charge in [0.1, 0.15) is 18.3 Å². The number of esters is 2. The third-order valence-corrected chi connectivity index (χ3v) is 13.7. The summed E-state index contributed by atoms with van der Waals surface area (Å²) in [6, 6.07) is 14.4. The highest BCUT2D eigenvalue weighted by atomic mass is 16.5. The Morgan fingerprint density at radius 1 is 0.644 bits per heavy atom. The fourth-order valence-electron chi connectivity index (χ4n) is 10.0. The van der Waals surface area contributed by atoms with Gasteiger partial charge in [0.15, 0.2) is 34.5 Å². The first-order valence-electron chi connectivity index (χ1n) is 23.5. The molecule has 6 rings (SSSR count). The van der Waals surface area contributed by atoms with Gasteiger partial charge in [0.25, 0.3) is 5.91 Å². The summed E-state index contributed by atoms with van der Waals surface area (Å²) in [5.41, 5.74) is 23.9. The first kappa shape index (κ1) is 54.4. The lowest BCUT2D eigenvalue weighted by molar-refractivity contribution is -0.941. The maximum atomic E-state index is 13.4. The number of hydrogen-bond donors (Lipinski definition) is 0. The zero-order valence-corrected chi connectivity index (χ0v) is 42.7. The van der Waals surface area contributed by atoms with Crippen LogP contribution in [0.5, 0.6) is 40.2 Å². The van der Waals surface area contributed by atoms with E-state index in [0.29, 0.717) is 99.9 Å². The van der Waals surface area contributed by atoms with Crippen molar-refractivity contribution in [3.63, 3.8) is 0 Å². The van der Waals surface area contributed by atoms with E-state index in [1.165, 1.54) is 33.0 Å². The third kappa shape index (κ3) is 12.2. The Morgan fingerprint density at radius 2 is 1.22 bits per heavy atom. The Balaban J connectivity index is 1.10. The van der Waals surface area contributed by atoms with Crippen molar-refractivity contribution in [2.45, 2.75) is 44.7 Å². The van der Waals surface area contributed by atoms with Gasteiger partial charge in [0.2, 0.25) is 5.91 Å². The number of fused-ring (bicyclic) bond motifs is 2. The van der Waals surface area contributed by atoms with Crippen molar-refractivity contribution in [1.29, 1.82) is 0 Å². The minimum absolute atomic E-state index is 0.0147. The molecular weight excluding hydrogens is 945 g/mol. The lowest BCUT2D eigenvalue weighted by atomic mass is 9.82. The number of ether oxygens (including phenoxy) is 9. The SMILES string of the molecule is COc1ccc(CC2c3c(cc(C(=O)N=[N+]=[N-])c(C(=O)N=[N+]=[N-])c3OC)CC[N+]2(C)CCCOC(=O)/C=C\C(=O)OCCC[N+]2(C)CCc3cc(OC)c(OC)c(-c4ccc(OC)c(OC)c4)c3C2)cc1OC. The molecule has 0 saturated carbocycles. The fraction of sp³-hybridized carbons (Fsp3) is 0.423. The number of nitrogens with zero attached hydrogens (tertiary/aromatic N) is 8. The monoisotopic (exact) mass is 1010 g/mol. The molecule has 0 aromatic heterocycles. The average molecular weight is 1010 g/mol. The van der Waals surface area contributed by atoms with Crippen molar-refractivity contribution in [3.05, 3.63) is 121 Å². The van der Waals surface area contributed by atoms with Crippen LogP contribution in [0, 0.1) is 0 Å². The zero-order chi connectivity index (χ0) is 52.9. The number of amides is 2. The van der Waals surface area contributed by atoms with Crippen LogP contribution in [0.25, 0.3) is 32.0 Å². The summed E-state index contributed by atoms with van der Waals surface area (Å²) < 4.78 is 51.9. The number of carbonyl (C=O) groups excluding carboxylic acids is 4. The first-order valence-corrected chi connectivity index (χ1v) is 23.5. The van der Waals surface area contributed by atoms with E-state index in [1.807, 2.05) is 43.4 Å². The van der Waals surface area contributed by atoms with Crippen LogP contribution in [0.3, 0.4) is 0 Å². The largest absolute Gasteiger partial charge is 0.495 e. The van der Waals surface area contributed by atoms with Gasteiger partial charge in [-0.3, -0.25) is 9.59 Å². The normalized spacial score (nSPS) is 17.6. The number of methoxy groups -OCH3 is 7. The number of azide groups is 2. The summed E-state index contributed by atoms with van der Waals surface area (Å²) in [5, 5.41) is 6.47. The molecule has 0 N–H and O–H groups in total. The standard InChI is InChI=1S/C52H62N8O13/c1-59(22-18-33-29-43(69-7)49(70-8)46(37(33)31-59)34-13-15-40(66-4)42(30-34)68-6)20-10-24-72-44(61)16-17-45(62)73-25-11-21-60(2)23-19-35-28-36(51(63)55-57-53)48(52(64)56-58-54)50(71-9)47(35)38(60)26-32-12-14-39(65-3)41(27-32)67-5/h12-17,27-30,38H,10-11,18-26,31H2,1-9H3/q+2/b17-16-. The lowest BCUT2D eigenvalue weighted by Crippen LogP contribution is -2.53. The molecule has 2 amide bonds. The van der Waals surface area contributed by atoms with Crippen molar-refractivity contribution in [2.75, 3.05) is 103 Å². The second-order valence-electron chi connectivity index (χ2n) is 18.0. The highest BCUT2D eigenvalue weighted by Crippen LogP contribution is 2.48. The molecule has 4 aromatic rings. The molecule has 21 nitrogen and oxygen atoms in total.